The molecule has 0 amide bonds. The van der Waals surface area contributed by atoms with Gasteiger partial charge in [0.05, 0.1) is 14.9 Å². The van der Waals surface area contributed by atoms with Crippen LogP contribution in [0, 0.1) is 12.3 Å². The van der Waals surface area contributed by atoms with E-state index in [1.165, 1.54) is 17.4 Å². The van der Waals surface area contributed by atoms with Gasteiger partial charge < -0.3 is 4.98 Å². The van der Waals surface area contributed by atoms with Crippen LogP contribution in [-0.4, -0.2) is 20.5 Å². The molecule has 0 aliphatic heterocycles. The number of ketones is 1. The summed E-state index contributed by atoms with van der Waals surface area (Å²) in [5, 5.41) is 4.82. The van der Waals surface area contributed by atoms with Gasteiger partial charge in [-0.25, -0.2) is 4.68 Å². The van der Waals surface area contributed by atoms with Gasteiger partial charge >= 0.3 is 0 Å². The number of nitrogens with zero attached hydrogens (tertiary/aromatic N) is 2. The summed E-state index contributed by atoms with van der Waals surface area (Å²) in [6.45, 7) is 7.61. The monoisotopic (exact) mass is 443 g/mol. The summed E-state index contributed by atoms with van der Waals surface area (Å²) in [5.74, 6) is -0.0288. The minimum atomic E-state index is -0.500. The molecule has 6 heteroatoms. The fourth-order valence-corrected chi connectivity index (χ4v) is 4.10. The topological polar surface area (TPSA) is 67.8 Å². The van der Waals surface area contributed by atoms with E-state index in [0.29, 0.717) is 9.20 Å². The first-order valence-electron chi connectivity index (χ1n) is 10.4. The van der Waals surface area contributed by atoms with Crippen molar-refractivity contribution in [2.24, 2.45) is 5.41 Å². The Kier molecular flexibility index (Phi) is 5.80. The molecule has 0 aliphatic rings. The molecule has 5 nitrogen and oxygen atoms in total. The molecule has 0 saturated carbocycles. The molecule has 2 heterocycles. The number of carbonyl (C=O) groups excluding carboxylic acids is 1. The van der Waals surface area contributed by atoms with Gasteiger partial charge in [-0.2, -0.15) is 5.10 Å². The van der Waals surface area contributed by atoms with E-state index in [9.17, 15) is 9.59 Å². The third-order valence-corrected chi connectivity index (χ3v) is 5.99. The number of benzene rings is 2. The molecule has 2 aromatic heterocycles. The number of aromatic amines is 1. The van der Waals surface area contributed by atoms with Gasteiger partial charge in [-0.1, -0.05) is 62.7 Å². The second-order valence-electron chi connectivity index (χ2n) is 8.77. The summed E-state index contributed by atoms with van der Waals surface area (Å²) in [6.07, 6.45) is 5.28. The number of carbonyl (C=O) groups is 1. The fourth-order valence-electron chi connectivity index (χ4n) is 3.22. The maximum atomic E-state index is 12.6. The summed E-state index contributed by atoms with van der Waals surface area (Å²) in [7, 11) is 0. The van der Waals surface area contributed by atoms with Gasteiger partial charge in [0.2, 0.25) is 0 Å². The van der Waals surface area contributed by atoms with Gasteiger partial charge in [-0.05, 0) is 31.2 Å². The Labute approximate surface area is 190 Å². The molecule has 0 spiro atoms. The Morgan fingerprint density at radius 2 is 1.84 bits per heavy atom. The highest BCUT2D eigenvalue weighted by atomic mass is 32.1. The van der Waals surface area contributed by atoms with Crippen molar-refractivity contribution in [3.63, 3.8) is 0 Å². The lowest BCUT2D eigenvalue weighted by Gasteiger charge is -2.12. The number of Topliss-reactive ketones (excluding diaryl/α,β-unsaturated/α-hetero) is 1. The number of para-hydroxylation sites is 1. The lowest BCUT2D eigenvalue weighted by atomic mass is 9.91. The van der Waals surface area contributed by atoms with Crippen LogP contribution in [0.3, 0.4) is 0 Å². The average Bonchev–Trinajstić information content (AvgIpc) is 3.32. The summed E-state index contributed by atoms with van der Waals surface area (Å²) < 4.78 is 2.90. The molecule has 4 rings (SSSR count). The third-order valence-electron chi connectivity index (χ3n) is 5.02. The van der Waals surface area contributed by atoms with Crippen LogP contribution in [0.15, 0.2) is 65.6 Å². The second-order valence-corrected chi connectivity index (χ2v) is 9.85. The number of hydrogen-bond acceptors (Lipinski definition) is 4. The predicted octanol–water partition coefficient (Wildman–Crippen LogP) is 3.82. The first kappa shape index (κ1) is 21.7. The molecule has 0 radical (unpaired) electrons. The lowest BCUT2D eigenvalue weighted by Crippen LogP contribution is -2.22. The number of nitrogens with one attached hydrogen (secondary N) is 1. The molecule has 4 aromatic rings. The Hall–Kier alpha value is -3.51. The van der Waals surface area contributed by atoms with Crippen molar-refractivity contribution in [3.8, 4) is 16.9 Å². The standard InChI is InChI=1S/C26H25N3O2S/c1-17-9-8-10-18(13-17)24-19(16-29(28-24)20-11-6-5-7-12-20)14-21-25(31)27-23(32-21)15-22(30)26(2,3)4/h5-16H,1-4H3,(H,27,31)/b21-14-,23-15+. The molecule has 2 aromatic carbocycles. The van der Waals surface area contributed by atoms with Crippen molar-refractivity contribution in [1.29, 1.82) is 0 Å². The van der Waals surface area contributed by atoms with Crippen LogP contribution in [0.2, 0.25) is 0 Å². The summed E-state index contributed by atoms with van der Waals surface area (Å²) in [6, 6.07) is 18.0. The smallest absolute Gasteiger partial charge is 0.266 e. The number of rotatable bonds is 4. The quantitative estimate of drug-likeness (QED) is 0.521. The van der Waals surface area contributed by atoms with Gasteiger partial charge in [-0.15, -0.1) is 11.3 Å². The number of thiazole rings is 1. The molecule has 0 saturated heterocycles. The average molecular weight is 444 g/mol. The summed E-state index contributed by atoms with van der Waals surface area (Å²) in [5.41, 5.74) is 3.96. The van der Waals surface area contributed by atoms with Crippen LogP contribution in [-0.2, 0) is 4.79 Å². The molecule has 0 atom stereocenters. The minimum absolute atomic E-state index is 0.0288. The Bertz CT molecular complexity index is 1450. The predicted molar refractivity (Wildman–Crippen MR) is 130 cm³/mol. The number of hydrogen-bond donors (Lipinski definition) is 1. The highest BCUT2D eigenvalue weighted by molar-refractivity contribution is 7.07. The Morgan fingerprint density at radius 1 is 1.09 bits per heavy atom. The molecule has 32 heavy (non-hydrogen) atoms. The van der Waals surface area contributed by atoms with Crippen molar-refractivity contribution < 1.29 is 4.79 Å². The zero-order chi connectivity index (χ0) is 22.9. The van der Waals surface area contributed by atoms with Crippen molar-refractivity contribution in [2.45, 2.75) is 27.7 Å². The number of aryl methyl sites for hydroxylation is 1. The van der Waals surface area contributed by atoms with Gasteiger partial charge in [0.1, 0.15) is 5.69 Å². The third kappa shape index (κ3) is 4.70. The normalized spacial score (nSPS) is 13.0. The van der Waals surface area contributed by atoms with E-state index in [0.717, 1.165) is 28.1 Å². The molecule has 0 fully saturated rings. The van der Waals surface area contributed by atoms with Crippen LogP contribution in [0.5, 0.6) is 0 Å². The zero-order valence-electron chi connectivity index (χ0n) is 18.5. The van der Waals surface area contributed by atoms with E-state index in [1.807, 2.05) is 93.2 Å². The maximum absolute atomic E-state index is 12.6. The molecule has 0 bridgehead atoms. The molecular formula is C26H25N3O2S. The molecule has 0 unspecified atom stereocenters. The Balaban J connectivity index is 1.88. The van der Waals surface area contributed by atoms with E-state index in [-0.39, 0.29) is 11.3 Å². The number of aromatic nitrogens is 3. The minimum Gasteiger partial charge on any atom is -0.313 e. The summed E-state index contributed by atoms with van der Waals surface area (Å²) in [4.78, 5) is 27.8. The first-order chi connectivity index (χ1) is 15.2. The fraction of sp³-hybridized carbons (Fsp3) is 0.192. The van der Waals surface area contributed by atoms with Crippen LogP contribution < -0.4 is 14.8 Å². The first-order valence-corrected chi connectivity index (χ1v) is 11.2. The van der Waals surface area contributed by atoms with Crippen molar-refractivity contribution in [1.82, 2.24) is 14.8 Å². The molecule has 1 N–H and O–H groups in total. The van der Waals surface area contributed by atoms with E-state index < -0.39 is 5.41 Å². The van der Waals surface area contributed by atoms with Crippen LogP contribution in [0.25, 0.3) is 29.1 Å². The SMILES string of the molecule is Cc1cccc(-c2nn(-c3ccccc3)cc2/C=c2\s/c(=C/C(=O)C(C)(C)C)[nH]c2=O)c1. The van der Waals surface area contributed by atoms with E-state index >= 15 is 0 Å². The zero-order valence-corrected chi connectivity index (χ0v) is 19.4. The van der Waals surface area contributed by atoms with Crippen molar-refractivity contribution >= 4 is 29.3 Å². The highest BCUT2D eigenvalue weighted by Gasteiger charge is 2.18. The van der Waals surface area contributed by atoms with Gasteiger partial charge in [0.25, 0.3) is 5.56 Å². The van der Waals surface area contributed by atoms with E-state index in [1.54, 1.807) is 0 Å². The largest absolute Gasteiger partial charge is 0.313 e. The molecule has 162 valence electrons. The van der Waals surface area contributed by atoms with Gasteiger partial charge in [-0.3, -0.25) is 9.59 Å². The molecular weight excluding hydrogens is 418 g/mol. The van der Waals surface area contributed by atoms with E-state index in [2.05, 4.69) is 11.1 Å². The maximum Gasteiger partial charge on any atom is 0.266 e. The highest BCUT2D eigenvalue weighted by Crippen LogP contribution is 2.25. The van der Waals surface area contributed by atoms with Crippen LogP contribution in [0.1, 0.15) is 31.9 Å². The molecule has 0 aliphatic carbocycles. The van der Waals surface area contributed by atoms with E-state index in [4.69, 9.17) is 5.10 Å². The van der Waals surface area contributed by atoms with Gasteiger partial charge in [0, 0.05) is 28.8 Å². The lowest BCUT2D eigenvalue weighted by molar-refractivity contribution is -0.119. The van der Waals surface area contributed by atoms with Crippen molar-refractivity contribution in [2.75, 3.05) is 0 Å². The van der Waals surface area contributed by atoms with Crippen LogP contribution >= 0.6 is 11.3 Å². The van der Waals surface area contributed by atoms with Crippen LogP contribution in [0.4, 0.5) is 0 Å². The summed E-state index contributed by atoms with van der Waals surface area (Å²) >= 11 is 1.27. The van der Waals surface area contributed by atoms with Gasteiger partial charge in [0.15, 0.2) is 5.78 Å². The second kappa shape index (κ2) is 8.55. The number of H-pyrrole nitrogens is 1. The Morgan fingerprint density at radius 3 is 2.53 bits per heavy atom. The van der Waals surface area contributed by atoms with Crippen molar-refractivity contribution in [3.05, 3.63) is 91.5 Å².